The Hall–Kier alpha value is -1.55. The van der Waals surface area contributed by atoms with Crippen LogP contribution in [-0.2, 0) is 0 Å². The van der Waals surface area contributed by atoms with Crippen molar-refractivity contribution >= 4 is 33.6 Å². The summed E-state index contributed by atoms with van der Waals surface area (Å²) in [6.07, 6.45) is 0.720. The van der Waals surface area contributed by atoms with E-state index in [-0.39, 0.29) is 5.78 Å². The molecule has 1 aromatic heterocycles. The van der Waals surface area contributed by atoms with Gasteiger partial charge in [0.15, 0.2) is 17.1 Å². The smallest absolute Gasteiger partial charge is 0.178 e. The van der Waals surface area contributed by atoms with Crippen molar-refractivity contribution in [2.24, 2.45) is 0 Å². The van der Waals surface area contributed by atoms with E-state index in [4.69, 9.17) is 0 Å². The van der Waals surface area contributed by atoms with Crippen LogP contribution in [0.2, 0.25) is 0 Å². The zero-order valence-corrected chi connectivity index (χ0v) is 8.30. The van der Waals surface area contributed by atoms with Crippen molar-refractivity contribution in [1.29, 1.82) is 0 Å². The third kappa shape index (κ3) is 1.44. The van der Waals surface area contributed by atoms with Crippen LogP contribution in [0.15, 0.2) is 18.2 Å². The molecule has 0 N–H and O–H groups in total. The maximum Gasteiger partial charge on any atom is 0.178 e. The molecule has 0 aliphatic heterocycles. The second-order valence-electron chi connectivity index (χ2n) is 2.91. The molecule has 4 heteroatoms. The van der Waals surface area contributed by atoms with Crippen LogP contribution < -0.4 is 0 Å². The van der Waals surface area contributed by atoms with E-state index >= 15 is 0 Å². The summed E-state index contributed by atoms with van der Waals surface area (Å²) >= 11 is 1.33. The van der Waals surface area contributed by atoms with E-state index in [1.54, 1.807) is 12.1 Å². The average molecular weight is 205 g/mol. The zero-order chi connectivity index (χ0) is 10.1. The van der Waals surface area contributed by atoms with Gasteiger partial charge in [-0.3, -0.25) is 9.59 Å². The summed E-state index contributed by atoms with van der Waals surface area (Å²) in [5, 5.41) is 0.445. The number of hydrogen-bond donors (Lipinski definition) is 0. The summed E-state index contributed by atoms with van der Waals surface area (Å²) < 4.78 is 0.928. The van der Waals surface area contributed by atoms with Crippen molar-refractivity contribution in [3.8, 4) is 0 Å². The minimum atomic E-state index is 0.00699. The molecular weight excluding hydrogens is 198 g/mol. The monoisotopic (exact) mass is 205 g/mol. The molecule has 2 rings (SSSR count). The molecule has 0 aliphatic rings. The van der Waals surface area contributed by atoms with Crippen LogP contribution in [0, 0.1) is 0 Å². The topological polar surface area (TPSA) is 47.0 Å². The van der Waals surface area contributed by atoms with Crippen molar-refractivity contribution in [2.75, 3.05) is 0 Å². The molecule has 3 nitrogen and oxygen atoms in total. The molecule has 0 saturated heterocycles. The Morgan fingerprint density at radius 2 is 2.29 bits per heavy atom. The maximum atomic E-state index is 11.1. The van der Waals surface area contributed by atoms with Gasteiger partial charge in [-0.05, 0) is 25.1 Å². The summed E-state index contributed by atoms with van der Waals surface area (Å²) in [6, 6.07) is 5.27. The fourth-order valence-corrected chi connectivity index (χ4v) is 1.98. The standard InChI is InChI=1S/C10H7NO2S/c1-6(13)7-2-3-9-8(4-7)11-10(5-12)14-9/h2-5H,1H3. The Morgan fingerprint density at radius 3 is 2.93 bits per heavy atom. The van der Waals surface area contributed by atoms with Crippen molar-refractivity contribution in [3.63, 3.8) is 0 Å². The molecule has 0 amide bonds. The first kappa shape index (κ1) is 9.02. The number of Topliss-reactive ketones (excluding diaryl/α,β-unsaturated/α-hetero) is 1. The van der Waals surface area contributed by atoms with Gasteiger partial charge < -0.3 is 0 Å². The predicted octanol–water partition coefficient (Wildman–Crippen LogP) is 2.31. The van der Waals surface area contributed by atoms with Crippen LogP contribution in [0.1, 0.15) is 27.1 Å². The number of aldehydes is 1. The number of fused-ring (bicyclic) bond motifs is 1. The third-order valence-corrected chi connectivity index (χ3v) is 2.87. The maximum absolute atomic E-state index is 11.1. The van der Waals surface area contributed by atoms with E-state index in [2.05, 4.69) is 4.98 Å². The van der Waals surface area contributed by atoms with Gasteiger partial charge in [0.25, 0.3) is 0 Å². The van der Waals surface area contributed by atoms with Crippen LogP contribution in [0.25, 0.3) is 10.2 Å². The van der Waals surface area contributed by atoms with Gasteiger partial charge in [-0.25, -0.2) is 4.98 Å². The lowest BCUT2D eigenvalue weighted by Gasteiger charge is -1.93. The van der Waals surface area contributed by atoms with Crippen LogP contribution in [0.5, 0.6) is 0 Å². The predicted molar refractivity (Wildman–Crippen MR) is 55.0 cm³/mol. The van der Waals surface area contributed by atoms with Gasteiger partial charge in [0.05, 0.1) is 10.2 Å². The van der Waals surface area contributed by atoms with Crippen molar-refractivity contribution < 1.29 is 9.59 Å². The Labute approximate surface area is 84.4 Å². The highest BCUT2D eigenvalue weighted by molar-refractivity contribution is 7.20. The Bertz CT molecular complexity index is 516. The molecular formula is C10H7NO2S. The molecule has 0 spiro atoms. The average Bonchev–Trinajstić information content (AvgIpc) is 2.58. The number of thiazole rings is 1. The minimum absolute atomic E-state index is 0.00699. The van der Waals surface area contributed by atoms with E-state index in [0.717, 1.165) is 11.0 Å². The van der Waals surface area contributed by atoms with E-state index in [0.29, 0.717) is 16.1 Å². The number of carbonyl (C=O) groups excluding carboxylic acids is 2. The number of benzene rings is 1. The molecule has 2 aromatic rings. The SMILES string of the molecule is CC(=O)c1ccc2sc(C=O)nc2c1. The van der Waals surface area contributed by atoms with Gasteiger partial charge in [-0.2, -0.15) is 0 Å². The largest absolute Gasteiger partial charge is 0.295 e. The first-order valence-corrected chi connectivity index (χ1v) is 4.89. The lowest BCUT2D eigenvalue weighted by molar-refractivity contribution is 0.101. The molecule has 1 heterocycles. The first-order valence-electron chi connectivity index (χ1n) is 4.07. The fourth-order valence-electron chi connectivity index (χ4n) is 1.21. The summed E-state index contributed by atoms with van der Waals surface area (Å²) in [6.45, 7) is 1.51. The highest BCUT2D eigenvalue weighted by Crippen LogP contribution is 2.22. The van der Waals surface area contributed by atoms with E-state index in [1.807, 2.05) is 6.07 Å². The van der Waals surface area contributed by atoms with Gasteiger partial charge in [-0.15, -0.1) is 11.3 Å². The molecule has 0 unspecified atom stereocenters. The molecule has 0 saturated carbocycles. The van der Waals surface area contributed by atoms with Crippen molar-refractivity contribution in [3.05, 3.63) is 28.8 Å². The second kappa shape index (κ2) is 3.31. The van der Waals surface area contributed by atoms with Gasteiger partial charge >= 0.3 is 0 Å². The van der Waals surface area contributed by atoms with Crippen LogP contribution in [-0.4, -0.2) is 17.1 Å². The highest BCUT2D eigenvalue weighted by atomic mass is 32.1. The Kier molecular flexibility index (Phi) is 2.13. The number of aromatic nitrogens is 1. The Balaban J connectivity index is 2.65. The molecule has 70 valence electrons. The van der Waals surface area contributed by atoms with E-state index in [9.17, 15) is 9.59 Å². The molecule has 0 fully saturated rings. The van der Waals surface area contributed by atoms with Gasteiger partial charge in [0.2, 0.25) is 0 Å². The zero-order valence-electron chi connectivity index (χ0n) is 7.48. The number of rotatable bonds is 2. The first-order chi connectivity index (χ1) is 6.70. The number of ketones is 1. The normalized spacial score (nSPS) is 10.4. The molecule has 0 atom stereocenters. The molecule has 0 aliphatic carbocycles. The van der Waals surface area contributed by atoms with Gasteiger partial charge in [0.1, 0.15) is 0 Å². The summed E-state index contributed by atoms with van der Waals surface area (Å²) in [4.78, 5) is 25.6. The molecule has 1 aromatic carbocycles. The number of carbonyl (C=O) groups is 2. The number of hydrogen-bond acceptors (Lipinski definition) is 4. The van der Waals surface area contributed by atoms with E-state index < -0.39 is 0 Å². The third-order valence-electron chi connectivity index (χ3n) is 1.91. The van der Waals surface area contributed by atoms with Crippen molar-refractivity contribution in [2.45, 2.75) is 6.92 Å². The lowest BCUT2D eigenvalue weighted by Crippen LogP contribution is -1.90. The van der Waals surface area contributed by atoms with E-state index in [1.165, 1.54) is 18.3 Å². The second-order valence-corrected chi connectivity index (χ2v) is 3.97. The van der Waals surface area contributed by atoms with Crippen molar-refractivity contribution in [1.82, 2.24) is 4.98 Å². The highest BCUT2D eigenvalue weighted by Gasteiger charge is 2.05. The minimum Gasteiger partial charge on any atom is -0.295 e. The summed E-state index contributed by atoms with van der Waals surface area (Å²) in [5.74, 6) is 0.00699. The summed E-state index contributed by atoms with van der Waals surface area (Å²) in [7, 11) is 0. The van der Waals surface area contributed by atoms with Gasteiger partial charge in [-0.1, -0.05) is 0 Å². The number of nitrogens with zero attached hydrogens (tertiary/aromatic N) is 1. The van der Waals surface area contributed by atoms with Gasteiger partial charge in [0, 0.05) is 5.56 Å². The summed E-state index contributed by atoms with van der Waals surface area (Å²) in [5.41, 5.74) is 1.34. The molecule has 0 radical (unpaired) electrons. The Morgan fingerprint density at radius 1 is 1.50 bits per heavy atom. The lowest BCUT2D eigenvalue weighted by atomic mass is 10.1. The van der Waals surface area contributed by atoms with Crippen LogP contribution in [0.3, 0.4) is 0 Å². The van der Waals surface area contributed by atoms with Crippen LogP contribution in [0.4, 0.5) is 0 Å². The molecule has 0 bridgehead atoms. The van der Waals surface area contributed by atoms with Crippen LogP contribution >= 0.6 is 11.3 Å². The fraction of sp³-hybridized carbons (Fsp3) is 0.100. The molecule has 14 heavy (non-hydrogen) atoms. The quantitative estimate of drug-likeness (QED) is 0.558.